The van der Waals surface area contributed by atoms with Gasteiger partial charge in [-0.2, -0.15) is 0 Å². The first kappa shape index (κ1) is 17.2. The Hall–Kier alpha value is -2.25. The Morgan fingerprint density at radius 1 is 1.31 bits per heavy atom. The van der Waals surface area contributed by atoms with Crippen molar-refractivity contribution in [3.8, 4) is 0 Å². The van der Waals surface area contributed by atoms with Crippen LogP contribution in [0.3, 0.4) is 0 Å². The number of nitrogens with zero attached hydrogens (tertiary/aromatic N) is 4. The van der Waals surface area contributed by atoms with E-state index in [0.29, 0.717) is 32.8 Å². The van der Waals surface area contributed by atoms with Crippen molar-refractivity contribution >= 4 is 5.91 Å². The van der Waals surface area contributed by atoms with Crippen LogP contribution in [0.5, 0.6) is 0 Å². The molecule has 0 unspecified atom stereocenters. The van der Waals surface area contributed by atoms with Gasteiger partial charge in [0.05, 0.1) is 37.3 Å². The van der Waals surface area contributed by atoms with Crippen molar-refractivity contribution in [3.63, 3.8) is 0 Å². The minimum Gasteiger partial charge on any atom is -0.377 e. The first-order valence-corrected chi connectivity index (χ1v) is 9.21. The lowest BCUT2D eigenvalue weighted by atomic mass is 10.00. The van der Waals surface area contributed by atoms with Gasteiger partial charge in [0, 0.05) is 26.1 Å². The zero-order chi connectivity index (χ0) is 17.8. The lowest BCUT2D eigenvalue weighted by molar-refractivity contribution is -0.138. The maximum Gasteiger partial charge on any atom is 0.222 e. The molecule has 2 aromatic rings. The first-order valence-electron chi connectivity index (χ1n) is 9.21. The molecule has 1 saturated heterocycles. The predicted molar refractivity (Wildman–Crippen MR) is 94.2 cm³/mol. The summed E-state index contributed by atoms with van der Waals surface area (Å²) in [6.45, 7) is 3.13. The van der Waals surface area contributed by atoms with Crippen LogP contribution in [0.25, 0.3) is 0 Å². The summed E-state index contributed by atoms with van der Waals surface area (Å²) < 4.78 is 13.5. The van der Waals surface area contributed by atoms with Gasteiger partial charge in [-0.05, 0) is 18.4 Å². The number of amides is 1. The molecule has 2 atom stereocenters. The monoisotopic (exact) mass is 356 g/mol. The Balaban J connectivity index is 1.22. The molecule has 0 radical (unpaired) electrons. The standard InChI is InChI=1S/C19H24N4O3/c24-19(7-4-10-25-13-15-5-2-1-3-6-15)22-9-8-18-17(12-22)23-16(14-26-18)11-20-21-23/h1-3,5-6,11,17-18H,4,7-10,12-14H2/t17-,18+/m0/s1. The zero-order valence-corrected chi connectivity index (χ0v) is 14.8. The van der Waals surface area contributed by atoms with E-state index in [2.05, 4.69) is 10.3 Å². The average Bonchev–Trinajstić information content (AvgIpc) is 3.17. The summed E-state index contributed by atoms with van der Waals surface area (Å²) in [7, 11) is 0. The van der Waals surface area contributed by atoms with Gasteiger partial charge in [-0.15, -0.1) is 5.10 Å². The second-order valence-corrected chi connectivity index (χ2v) is 6.86. The quantitative estimate of drug-likeness (QED) is 0.740. The summed E-state index contributed by atoms with van der Waals surface area (Å²) in [4.78, 5) is 14.5. The van der Waals surface area contributed by atoms with Crippen LogP contribution in [0, 0.1) is 0 Å². The second-order valence-electron chi connectivity index (χ2n) is 6.86. The van der Waals surface area contributed by atoms with E-state index in [1.54, 1.807) is 6.20 Å². The Bertz CT molecular complexity index is 733. The Kier molecular flexibility index (Phi) is 5.26. The summed E-state index contributed by atoms with van der Waals surface area (Å²) in [6.07, 6.45) is 3.96. The minimum atomic E-state index is 0.0771. The number of piperidine rings is 1. The van der Waals surface area contributed by atoms with E-state index in [1.807, 2.05) is 39.9 Å². The molecule has 0 N–H and O–H groups in total. The van der Waals surface area contributed by atoms with Crippen LogP contribution in [-0.2, 0) is 27.5 Å². The van der Waals surface area contributed by atoms with Gasteiger partial charge in [0.2, 0.25) is 5.91 Å². The number of likely N-dealkylation sites (tertiary alicyclic amines) is 1. The molecule has 3 heterocycles. The molecule has 2 aliphatic heterocycles. The lowest BCUT2D eigenvalue weighted by Gasteiger charge is -2.41. The topological polar surface area (TPSA) is 69.5 Å². The molecule has 1 amide bonds. The van der Waals surface area contributed by atoms with Gasteiger partial charge in [-0.1, -0.05) is 35.5 Å². The predicted octanol–water partition coefficient (Wildman–Crippen LogP) is 1.95. The van der Waals surface area contributed by atoms with Crippen LogP contribution in [-0.4, -0.2) is 51.6 Å². The van der Waals surface area contributed by atoms with Gasteiger partial charge in [-0.25, -0.2) is 4.68 Å². The molecule has 138 valence electrons. The van der Waals surface area contributed by atoms with Crippen LogP contribution < -0.4 is 0 Å². The normalized spacial score (nSPS) is 21.9. The highest BCUT2D eigenvalue weighted by molar-refractivity contribution is 5.76. The number of carbonyl (C=O) groups excluding carboxylic acids is 1. The van der Waals surface area contributed by atoms with Crippen molar-refractivity contribution in [1.82, 2.24) is 19.9 Å². The van der Waals surface area contributed by atoms with Crippen molar-refractivity contribution in [1.29, 1.82) is 0 Å². The number of ether oxygens (including phenoxy) is 2. The molecule has 0 aliphatic carbocycles. The van der Waals surface area contributed by atoms with Crippen molar-refractivity contribution < 1.29 is 14.3 Å². The number of benzene rings is 1. The third-order valence-electron chi connectivity index (χ3n) is 5.07. The van der Waals surface area contributed by atoms with Gasteiger partial charge in [0.1, 0.15) is 0 Å². The highest BCUT2D eigenvalue weighted by atomic mass is 16.5. The molecular formula is C19H24N4O3. The van der Waals surface area contributed by atoms with Crippen LogP contribution in [0.1, 0.15) is 36.6 Å². The molecule has 0 bridgehead atoms. The van der Waals surface area contributed by atoms with Gasteiger partial charge < -0.3 is 14.4 Å². The van der Waals surface area contributed by atoms with Crippen molar-refractivity contribution in [3.05, 3.63) is 47.8 Å². The number of aromatic nitrogens is 3. The molecule has 0 spiro atoms. The smallest absolute Gasteiger partial charge is 0.222 e. The fourth-order valence-corrected chi connectivity index (χ4v) is 3.65. The van der Waals surface area contributed by atoms with Crippen LogP contribution in [0.4, 0.5) is 0 Å². The number of carbonyl (C=O) groups is 1. The molecule has 1 fully saturated rings. The average molecular weight is 356 g/mol. The molecular weight excluding hydrogens is 332 g/mol. The van der Waals surface area contributed by atoms with Gasteiger partial charge in [0.25, 0.3) is 0 Å². The van der Waals surface area contributed by atoms with E-state index in [0.717, 1.165) is 30.6 Å². The van der Waals surface area contributed by atoms with Crippen molar-refractivity contribution in [2.75, 3.05) is 19.7 Å². The van der Waals surface area contributed by atoms with E-state index in [4.69, 9.17) is 9.47 Å². The zero-order valence-electron chi connectivity index (χ0n) is 14.8. The molecule has 1 aromatic carbocycles. The maximum absolute atomic E-state index is 12.5. The molecule has 1 aromatic heterocycles. The molecule has 7 nitrogen and oxygen atoms in total. The summed E-state index contributed by atoms with van der Waals surface area (Å²) in [5.74, 6) is 0.180. The highest BCUT2D eigenvalue weighted by Crippen LogP contribution is 2.30. The summed E-state index contributed by atoms with van der Waals surface area (Å²) in [5, 5.41) is 8.15. The van der Waals surface area contributed by atoms with Gasteiger partial charge >= 0.3 is 0 Å². The van der Waals surface area contributed by atoms with E-state index < -0.39 is 0 Å². The molecule has 7 heteroatoms. The Labute approximate surface area is 152 Å². The first-order chi connectivity index (χ1) is 12.8. The minimum absolute atomic E-state index is 0.0771. The van der Waals surface area contributed by atoms with Crippen LogP contribution in [0.15, 0.2) is 36.5 Å². The summed E-state index contributed by atoms with van der Waals surface area (Å²) in [6, 6.07) is 10.2. The maximum atomic E-state index is 12.5. The molecule has 0 saturated carbocycles. The number of fused-ring (bicyclic) bond motifs is 3. The van der Waals surface area contributed by atoms with Crippen LogP contribution in [0.2, 0.25) is 0 Å². The van der Waals surface area contributed by atoms with Crippen molar-refractivity contribution in [2.45, 2.75) is 44.6 Å². The molecule has 26 heavy (non-hydrogen) atoms. The Morgan fingerprint density at radius 2 is 2.19 bits per heavy atom. The van der Waals surface area contributed by atoms with Crippen molar-refractivity contribution in [2.24, 2.45) is 0 Å². The lowest BCUT2D eigenvalue weighted by Crippen LogP contribution is -2.49. The number of rotatable bonds is 6. The van der Waals surface area contributed by atoms with Gasteiger partial charge in [0.15, 0.2) is 0 Å². The second kappa shape index (κ2) is 7.97. The van der Waals surface area contributed by atoms with Crippen LogP contribution >= 0.6 is 0 Å². The largest absolute Gasteiger partial charge is 0.377 e. The summed E-state index contributed by atoms with van der Waals surface area (Å²) in [5.41, 5.74) is 2.14. The number of hydrogen-bond donors (Lipinski definition) is 0. The highest BCUT2D eigenvalue weighted by Gasteiger charge is 2.37. The molecule has 4 rings (SSSR count). The third-order valence-corrected chi connectivity index (χ3v) is 5.07. The Morgan fingerprint density at radius 3 is 3.08 bits per heavy atom. The third kappa shape index (κ3) is 3.78. The van der Waals surface area contributed by atoms with Gasteiger partial charge in [-0.3, -0.25) is 4.79 Å². The van der Waals surface area contributed by atoms with E-state index in [9.17, 15) is 4.79 Å². The summed E-state index contributed by atoms with van der Waals surface area (Å²) >= 11 is 0. The SMILES string of the molecule is O=C(CCCOCc1ccccc1)N1CC[C@H]2OCc3cnnn3[C@H]2C1. The van der Waals surface area contributed by atoms with E-state index >= 15 is 0 Å². The molecule has 2 aliphatic rings. The number of hydrogen-bond acceptors (Lipinski definition) is 5. The van der Waals surface area contributed by atoms with E-state index in [-0.39, 0.29) is 18.1 Å². The fraction of sp³-hybridized carbons (Fsp3) is 0.526. The fourth-order valence-electron chi connectivity index (χ4n) is 3.65. The van der Waals surface area contributed by atoms with E-state index in [1.165, 1.54) is 0 Å².